The van der Waals surface area contributed by atoms with E-state index in [1.807, 2.05) is 6.92 Å². The van der Waals surface area contributed by atoms with E-state index in [0.717, 1.165) is 12.8 Å². The van der Waals surface area contributed by atoms with Crippen molar-refractivity contribution in [3.05, 3.63) is 28.2 Å². The Kier molecular flexibility index (Phi) is 4.22. The van der Waals surface area contributed by atoms with Crippen LogP contribution in [0.15, 0.2) is 27.6 Å². The monoisotopic (exact) mass is 361 g/mol. The summed E-state index contributed by atoms with van der Waals surface area (Å²) < 4.78 is 26.7. The van der Waals surface area contributed by atoms with Crippen LogP contribution in [0.4, 0.5) is 0 Å². The third-order valence-corrected chi connectivity index (χ3v) is 6.63. The van der Waals surface area contributed by atoms with Crippen LogP contribution in [-0.2, 0) is 10.0 Å². The molecule has 7 heteroatoms. The van der Waals surface area contributed by atoms with Crippen LogP contribution in [0.5, 0.6) is 0 Å². The third-order valence-electron chi connectivity index (χ3n) is 3.71. The van der Waals surface area contributed by atoms with Crippen molar-refractivity contribution in [2.24, 2.45) is 5.92 Å². The van der Waals surface area contributed by atoms with Crippen molar-refractivity contribution in [3.8, 4) is 0 Å². The molecule has 1 aromatic rings. The molecule has 0 aromatic heterocycles. The summed E-state index contributed by atoms with van der Waals surface area (Å²) in [5, 5.41) is 8.90. The van der Waals surface area contributed by atoms with Gasteiger partial charge in [0.15, 0.2) is 0 Å². The molecular weight excluding hydrogens is 346 g/mol. The zero-order valence-corrected chi connectivity index (χ0v) is 13.6. The molecule has 1 aliphatic carbocycles. The molecular formula is C13H16BrNO4S. The summed E-state index contributed by atoms with van der Waals surface area (Å²) in [6.45, 7) is 1.90. The van der Waals surface area contributed by atoms with Crippen molar-refractivity contribution in [1.82, 2.24) is 4.31 Å². The number of nitrogens with zero attached hydrogens (tertiary/aromatic N) is 1. The molecule has 1 aliphatic rings. The minimum atomic E-state index is -3.62. The van der Waals surface area contributed by atoms with Gasteiger partial charge in [-0.25, -0.2) is 13.2 Å². The molecule has 5 nitrogen and oxygen atoms in total. The minimum absolute atomic E-state index is 0.0497. The Labute approximate surface area is 126 Å². The number of hydrogen-bond acceptors (Lipinski definition) is 3. The summed E-state index contributed by atoms with van der Waals surface area (Å²) in [6.07, 6.45) is 2.11. The fraction of sp³-hybridized carbons (Fsp3) is 0.462. The van der Waals surface area contributed by atoms with Gasteiger partial charge < -0.3 is 5.11 Å². The first-order valence-corrected chi connectivity index (χ1v) is 8.49. The van der Waals surface area contributed by atoms with Crippen LogP contribution in [0.25, 0.3) is 0 Å². The fourth-order valence-electron chi connectivity index (χ4n) is 2.09. The number of aromatic carboxylic acids is 1. The molecule has 1 saturated carbocycles. The average Bonchev–Trinajstić information content (AvgIpc) is 3.20. The summed E-state index contributed by atoms with van der Waals surface area (Å²) in [5.74, 6) is -0.666. The van der Waals surface area contributed by atoms with Gasteiger partial charge in [0.25, 0.3) is 0 Å². The van der Waals surface area contributed by atoms with Crippen molar-refractivity contribution >= 4 is 31.9 Å². The lowest BCUT2D eigenvalue weighted by Crippen LogP contribution is -2.36. The first-order valence-electron chi connectivity index (χ1n) is 6.26. The van der Waals surface area contributed by atoms with E-state index in [0.29, 0.717) is 5.92 Å². The number of sulfonamides is 1. The van der Waals surface area contributed by atoms with Gasteiger partial charge in [-0.3, -0.25) is 0 Å². The summed E-state index contributed by atoms with van der Waals surface area (Å²) in [7, 11) is -2.06. The predicted molar refractivity (Wildman–Crippen MR) is 78.2 cm³/mol. The van der Waals surface area contributed by atoms with E-state index in [1.54, 1.807) is 7.05 Å². The lowest BCUT2D eigenvalue weighted by Gasteiger charge is -2.24. The molecule has 1 fully saturated rings. The Balaban J connectivity index is 2.36. The molecule has 0 spiro atoms. The van der Waals surface area contributed by atoms with Gasteiger partial charge in [-0.15, -0.1) is 0 Å². The minimum Gasteiger partial charge on any atom is -0.478 e. The quantitative estimate of drug-likeness (QED) is 0.874. The topological polar surface area (TPSA) is 74.7 Å². The fourth-order valence-corrected chi connectivity index (χ4v) is 4.55. The van der Waals surface area contributed by atoms with E-state index in [9.17, 15) is 13.2 Å². The van der Waals surface area contributed by atoms with Gasteiger partial charge in [0, 0.05) is 17.6 Å². The van der Waals surface area contributed by atoms with E-state index in [4.69, 9.17) is 5.11 Å². The first-order chi connectivity index (χ1) is 9.25. The number of benzene rings is 1. The van der Waals surface area contributed by atoms with Crippen molar-refractivity contribution in [2.45, 2.75) is 30.7 Å². The highest BCUT2D eigenvalue weighted by Gasteiger charge is 2.36. The second kappa shape index (κ2) is 5.46. The van der Waals surface area contributed by atoms with Gasteiger partial charge in [-0.1, -0.05) is 0 Å². The molecule has 20 heavy (non-hydrogen) atoms. The summed E-state index contributed by atoms with van der Waals surface area (Å²) >= 11 is 3.15. The average molecular weight is 362 g/mol. The molecule has 1 N–H and O–H groups in total. The van der Waals surface area contributed by atoms with Gasteiger partial charge in [0.05, 0.1) is 10.5 Å². The maximum absolute atomic E-state index is 12.6. The van der Waals surface area contributed by atoms with Crippen LogP contribution in [0.1, 0.15) is 30.1 Å². The van der Waals surface area contributed by atoms with Crippen LogP contribution in [0.2, 0.25) is 0 Å². The molecule has 0 saturated heterocycles. The van der Waals surface area contributed by atoms with Gasteiger partial charge in [0.2, 0.25) is 10.0 Å². The highest BCUT2D eigenvalue weighted by Crippen LogP contribution is 2.37. The van der Waals surface area contributed by atoms with Gasteiger partial charge in [-0.05, 0) is 59.8 Å². The summed E-state index contributed by atoms with van der Waals surface area (Å²) in [6, 6.07) is 3.89. The second-order valence-electron chi connectivity index (χ2n) is 5.05. The maximum Gasteiger partial charge on any atom is 0.335 e. The second-order valence-corrected chi connectivity index (χ2v) is 7.87. The predicted octanol–water partition coefficient (Wildman–Crippen LogP) is 2.57. The highest BCUT2D eigenvalue weighted by atomic mass is 79.9. The van der Waals surface area contributed by atoms with E-state index in [1.165, 1.54) is 22.5 Å². The van der Waals surface area contributed by atoms with Crippen molar-refractivity contribution in [3.63, 3.8) is 0 Å². The lowest BCUT2D eigenvalue weighted by molar-refractivity contribution is 0.0696. The lowest BCUT2D eigenvalue weighted by atomic mass is 10.2. The Hall–Kier alpha value is -0.920. The van der Waals surface area contributed by atoms with Gasteiger partial charge >= 0.3 is 5.97 Å². The molecule has 0 amide bonds. The van der Waals surface area contributed by atoms with Crippen LogP contribution in [0.3, 0.4) is 0 Å². The molecule has 1 aromatic carbocycles. The van der Waals surface area contributed by atoms with Gasteiger partial charge in [0.1, 0.15) is 0 Å². The van der Waals surface area contributed by atoms with Crippen molar-refractivity contribution < 1.29 is 18.3 Å². The Morgan fingerprint density at radius 1 is 1.45 bits per heavy atom. The smallest absolute Gasteiger partial charge is 0.335 e. The SMILES string of the molecule is C[C@H](C1CC1)N(C)S(=O)(=O)c1ccc(C(=O)O)cc1Br. The van der Waals surface area contributed by atoms with Crippen LogP contribution >= 0.6 is 15.9 Å². The molecule has 2 rings (SSSR count). The number of halogens is 1. The molecule has 110 valence electrons. The Morgan fingerprint density at radius 2 is 2.05 bits per heavy atom. The summed E-state index contributed by atoms with van der Waals surface area (Å²) in [5.41, 5.74) is 0.0497. The molecule has 0 radical (unpaired) electrons. The van der Waals surface area contributed by atoms with E-state index < -0.39 is 16.0 Å². The largest absolute Gasteiger partial charge is 0.478 e. The number of carboxylic acid groups (broad SMARTS) is 1. The van der Waals surface area contributed by atoms with Crippen molar-refractivity contribution in [2.75, 3.05) is 7.05 Å². The number of carboxylic acids is 1. The maximum atomic E-state index is 12.6. The number of rotatable bonds is 5. The van der Waals surface area contributed by atoms with Gasteiger partial charge in [-0.2, -0.15) is 4.31 Å². The van der Waals surface area contributed by atoms with Crippen molar-refractivity contribution in [1.29, 1.82) is 0 Å². The normalized spacial score (nSPS) is 17.2. The molecule has 1 atom stereocenters. The Bertz CT molecular complexity index is 640. The number of hydrogen-bond donors (Lipinski definition) is 1. The molecule has 0 aliphatic heterocycles. The van der Waals surface area contributed by atoms with Crippen LogP contribution < -0.4 is 0 Å². The van der Waals surface area contributed by atoms with Crippen LogP contribution in [0, 0.1) is 5.92 Å². The number of carbonyl (C=O) groups is 1. The van der Waals surface area contributed by atoms with Crippen LogP contribution in [-0.4, -0.2) is 36.9 Å². The Morgan fingerprint density at radius 3 is 2.50 bits per heavy atom. The highest BCUT2D eigenvalue weighted by molar-refractivity contribution is 9.10. The molecule has 0 heterocycles. The zero-order valence-electron chi connectivity index (χ0n) is 11.2. The van der Waals surface area contributed by atoms with E-state index in [2.05, 4.69) is 15.9 Å². The molecule has 0 unspecified atom stereocenters. The zero-order chi connectivity index (χ0) is 15.1. The first kappa shape index (κ1) is 15.5. The summed E-state index contributed by atoms with van der Waals surface area (Å²) in [4.78, 5) is 11.0. The van der Waals surface area contributed by atoms with E-state index in [-0.39, 0.29) is 21.0 Å². The standard InChI is InChI=1S/C13H16BrNO4S/c1-8(9-3-4-9)15(2)20(18,19)12-6-5-10(13(16)17)7-11(12)14/h5-9H,3-4H2,1-2H3,(H,16,17)/t8-/m1/s1. The third kappa shape index (κ3) is 2.89. The molecule has 0 bridgehead atoms. The van der Waals surface area contributed by atoms with E-state index >= 15 is 0 Å².